The Labute approximate surface area is 112 Å². The summed E-state index contributed by atoms with van der Waals surface area (Å²) in [5, 5.41) is 5.87. The Hall–Kier alpha value is -0.990. The molecule has 0 spiro atoms. The number of aromatic nitrogens is 1. The Bertz CT molecular complexity index is 602. The molecule has 1 fully saturated rings. The van der Waals surface area contributed by atoms with E-state index in [1.54, 1.807) is 0 Å². The molecule has 2 unspecified atom stereocenters. The first-order chi connectivity index (χ1) is 8.84. The van der Waals surface area contributed by atoms with E-state index in [0.717, 1.165) is 17.1 Å². The first-order valence-electron chi connectivity index (χ1n) is 6.87. The van der Waals surface area contributed by atoms with Gasteiger partial charge in [0.1, 0.15) is 0 Å². The van der Waals surface area contributed by atoms with Crippen LogP contribution in [-0.4, -0.2) is 11.0 Å². The zero-order chi connectivity index (χ0) is 12.1. The second kappa shape index (κ2) is 4.01. The first kappa shape index (κ1) is 10.9. The van der Waals surface area contributed by atoms with Gasteiger partial charge in [-0.05, 0) is 24.5 Å². The maximum Gasteiger partial charge on any atom is 0.0648 e. The molecule has 2 aliphatic rings. The average Bonchev–Trinajstić information content (AvgIpc) is 2.79. The van der Waals surface area contributed by atoms with E-state index in [-0.39, 0.29) is 0 Å². The highest BCUT2D eigenvalue weighted by Crippen LogP contribution is 2.42. The van der Waals surface area contributed by atoms with Gasteiger partial charge < -0.3 is 10.3 Å². The molecule has 1 aromatic carbocycles. The quantitative estimate of drug-likeness (QED) is 0.738. The summed E-state index contributed by atoms with van der Waals surface area (Å²) < 4.78 is 0. The normalized spacial score (nSPS) is 26.9. The Morgan fingerprint density at radius 1 is 1.17 bits per heavy atom. The molecular weight excluding hydrogens is 244 g/mol. The number of hydrogen-bond acceptors (Lipinski definition) is 1. The van der Waals surface area contributed by atoms with Crippen LogP contribution in [0, 0.1) is 0 Å². The number of benzene rings is 1. The van der Waals surface area contributed by atoms with Crippen LogP contribution in [0.3, 0.4) is 0 Å². The minimum Gasteiger partial charge on any atom is -0.356 e. The molecule has 0 radical (unpaired) electrons. The van der Waals surface area contributed by atoms with Crippen molar-refractivity contribution in [1.82, 2.24) is 10.3 Å². The van der Waals surface area contributed by atoms with Gasteiger partial charge >= 0.3 is 0 Å². The van der Waals surface area contributed by atoms with E-state index in [0.29, 0.717) is 12.0 Å². The predicted octanol–water partition coefficient (Wildman–Crippen LogP) is 3.95. The van der Waals surface area contributed by atoms with Crippen molar-refractivity contribution < 1.29 is 0 Å². The Balaban J connectivity index is 1.94. The van der Waals surface area contributed by atoms with E-state index in [1.807, 2.05) is 6.07 Å². The first-order valence-corrected chi connectivity index (χ1v) is 7.25. The van der Waals surface area contributed by atoms with Gasteiger partial charge in [0.05, 0.1) is 10.5 Å². The van der Waals surface area contributed by atoms with Crippen molar-refractivity contribution in [2.45, 2.75) is 44.2 Å². The second-order valence-electron chi connectivity index (χ2n) is 5.56. The molecule has 2 heterocycles. The van der Waals surface area contributed by atoms with Crippen LogP contribution in [0.5, 0.6) is 0 Å². The van der Waals surface area contributed by atoms with Gasteiger partial charge in [0.15, 0.2) is 0 Å². The average molecular weight is 261 g/mol. The predicted molar refractivity (Wildman–Crippen MR) is 75.1 cm³/mol. The van der Waals surface area contributed by atoms with Gasteiger partial charge in [-0.3, -0.25) is 0 Å². The molecule has 1 aliphatic heterocycles. The molecule has 2 N–H and O–H groups in total. The lowest BCUT2D eigenvalue weighted by Gasteiger charge is -2.36. The van der Waals surface area contributed by atoms with Gasteiger partial charge in [0, 0.05) is 29.6 Å². The van der Waals surface area contributed by atoms with Gasteiger partial charge in [-0.15, -0.1) is 0 Å². The maximum atomic E-state index is 6.30. The third-order valence-corrected chi connectivity index (χ3v) is 4.90. The topological polar surface area (TPSA) is 27.8 Å². The molecule has 18 heavy (non-hydrogen) atoms. The molecule has 1 aromatic heterocycles. The third kappa shape index (κ3) is 1.45. The Morgan fingerprint density at radius 2 is 2.06 bits per heavy atom. The lowest BCUT2D eigenvalue weighted by atomic mass is 9.77. The van der Waals surface area contributed by atoms with Gasteiger partial charge in [-0.1, -0.05) is 36.6 Å². The van der Waals surface area contributed by atoms with Crippen molar-refractivity contribution in [3.05, 3.63) is 34.5 Å². The molecule has 2 nitrogen and oxygen atoms in total. The molecule has 2 atom stereocenters. The molecule has 2 aromatic rings. The van der Waals surface area contributed by atoms with E-state index in [1.165, 1.54) is 42.3 Å². The van der Waals surface area contributed by atoms with Crippen LogP contribution >= 0.6 is 11.6 Å². The summed E-state index contributed by atoms with van der Waals surface area (Å²) in [4.78, 5) is 3.52. The van der Waals surface area contributed by atoms with Crippen molar-refractivity contribution in [2.75, 3.05) is 0 Å². The van der Waals surface area contributed by atoms with E-state index in [2.05, 4.69) is 22.4 Å². The Morgan fingerprint density at radius 3 is 3.00 bits per heavy atom. The summed E-state index contributed by atoms with van der Waals surface area (Å²) in [6.07, 6.45) is 5.35. The summed E-state index contributed by atoms with van der Waals surface area (Å²) in [5.41, 5.74) is 4.01. The highest BCUT2D eigenvalue weighted by atomic mass is 35.5. The number of fused-ring (bicyclic) bond motifs is 5. The minimum atomic E-state index is 0.671. The summed E-state index contributed by atoms with van der Waals surface area (Å²) in [7, 11) is 0. The number of H-pyrrole nitrogens is 1. The number of halogens is 1. The summed E-state index contributed by atoms with van der Waals surface area (Å²) in [5.74, 6) is 0.676. The van der Waals surface area contributed by atoms with Crippen LogP contribution in [0.2, 0.25) is 5.02 Å². The Kier molecular flexibility index (Phi) is 2.42. The van der Waals surface area contributed by atoms with Gasteiger partial charge in [0.2, 0.25) is 0 Å². The van der Waals surface area contributed by atoms with Crippen molar-refractivity contribution in [3.63, 3.8) is 0 Å². The highest BCUT2D eigenvalue weighted by molar-refractivity contribution is 6.35. The van der Waals surface area contributed by atoms with Gasteiger partial charge in [-0.2, -0.15) is 0 Å². The lowest BCUT2D eigenvalue weighted by Crippen LogP contribution is -2.40. The lowest BCUT2D eigenvalue weighted by molar-refractivity contribution is 0.308. The fourth-order valence-electron chi connectivity index (χ4n) is 3.77. The summed E-state index contributed by atoms with van der Waals surface area (Å²) in [6.45, 7) is 0.960. The van der Waals surface area contributed by atoms with Crippen molar-refractivity contribution in [2.24, 2.45) is 0 Å². The zero-order valence-corrected chi connectivity index (χ0v) is 11.1. The maximum absolute atomic E-state index is 6.30. The fraction of sp³-hybridized carbons (Fsp3) is 0.467. The van der Waals surface area contributed by atoms with Crippen LogP contribution in [0.4, 0.5) is 0 Å². The second-order valence-corrected chi connectivity index (χ2v) is 5.97. The highest BCUT2D eigenvalue weighted by Gasteiger charge is 2.33. The number of nitrogens with one attached hydrogen (secondary N) is 2. The zero-order valence-electron chi connectivity index (χ0n) is 10.3. The van der Waals surface area contributed by atoms with E-state index in [9.17, 15) is 0 Å². The van der Waals surface area contributed by atoms with Crippen LogP contribution in [0.15, 0.2) is 18.2 Å². The van der Waals surface area contributed by atoms with Crippen LogP contribution in [0.25, 0.3) is 10.9 Å². The standard InChI is InChI=1S/C15H17ClN2/c16-11-6-3-5-10-14-9-4-1-2-7-12(9)17-8-13(14)18-15(10)11/h3,5-6,9,12,17-18H,1-2,4,7-8H2. The molecule has 1 aliphatic carbocycles. The molecule has 0 amide bonds. The summed E-state index contributed by atoms with van der Waals surface area (Å²) in [6, 6.07) is 6.92. The van der Waals surface area contributed by atoms with Gasteiger partial charge in [0.25, 0.3) is 0 Å². The minimum absolute atomic E-state index is 0.671. The number of hydrogen-bond donors (Lipinski definition) is 2. The molecule has 94 valence electrons. The molecule has 0 bridgehead atoms. The molecule has 4 rings (SSSR count). The van der Waals surface area contributed by atoms with Gasteiger partial charge in [-0.25, -0.2) is 0 Å². The van der Waals surface area contributed by atoms with Crippen molar-refractivity contribution in [3.8, 4) is 0 Å². The van der Waals surface area contributed by atoms with E-state index >= 15 is 0 Å². The third-order valence-electron chi connectivity index (χ3n) is 4.58. The molecular formula is C15H17ClN2. The van der Waals surface area contributed by atoms with Crippen LogP contribution in [0.1, 0.15) is 42.9 Å². The van der Waals surface area contributed by atoms with Crippen LogP contribution < -0.4 is 5.32 Å². The van der Waals surface area contributed by atoms with Crippen molar-refractivity contribution >= 4 is 22.5 Å². The number of aromatic amines is 1. The molecule has 3 heteroatoms. The van der Waals surface area contributed by atoms with Crippen molar-refractivity contribution in [1.29, 1.82) is 0 Å². The van der Waals surface area contributed by atoms with E-state index < -0.39 is 0 Å². The number of rotatable bonds is 0. The number of para-hydroxylation sites is 1. The van der Waals surface area contributed by atoms with E-state index in [4.69, 9.17) is 11.6 Å². The summed E-state index contributed by atoms with van der Waals surface area (Å²) >= 11 is 6.30. The molecule has 0 saturated heterocycles. The molecule has 1 saturated carbocycles. The van der Waals surface area contributed by atoms with Crippen LogP contribution in [-0.2, 0) is 6.54 Å². The monoisotopic (exact) mass is 260 g/mol. The largest absolute Gasteiger partial charge is 0.356 e. The SMILES string of the molecule is Clc1cccc2c3c([nH]c12)CNC1CCCCC31. The fourth-order valence-corrected chi connectivity index (χ4v) is 4.00. The smallest absolute Gasteiger partial charge is 0.0648 e.